The van der Waals surface area contributed by atoms with E-state index in [2.05, 4.69) is 20.2 Å². The van der Waals surface area contributed by atoms with E-state index in [-0.39, 0.29) is 17.3 Å². The number of hydrogen-bond donors (Lipinski definition) is 1. The topological polar surface area (TPSA) is 101 Å². The molecule has 1 aromatic heterocycles. The summed E-state index contributed by atoms with van der Waals surface area (Å²) in [6.07, 6.45) is 5.13. The smallest absolute Gasteiger partial charge is 0.269 e. The molecule has 0 spiro atoms. The Bertz CT molecular complexity index is 778. The number of amides is 1. The minimum absolute atomic E-state index is 0.0106. The van der Waals surface area contributed by atoms with Crippen molar-refractivity contribution in [2.75, 3.05) is 29.1 Å². The van der Waals surface area contributed by atoms with Crippen molar-refractivity contribution < 1.29 is 9.72 Å². The predicted octanol–water partition coefficient (Wildman–Crippen LogP) is 3.11. The number of thioether (sulfide) groups is 1. The molecule has 1 fully saturated rings. The molecule has 1 N–H and O–H groups in total. The van der Waals surface area contributed by atoms with Gasteiger partial charge in [0.1, 0.15) is 17.2 Å². The number of aromatic nitrogens is 2. The molecule has 1 saturated heterocycles. The van der Waals surface area contributed by atoms with Crippen LogP contribution >= 0.6 is 11.8 Å². The van der Waals surface area contributed by atoms with E-state index < -0.39 is 4.92 Å². The molecule has 2 heterocycles. The summed E-state index contributed by atoms with van der Waals surface area (Å²) in [5.41, 5.74) is 0.515. The highest BCUT2D eigenvalue weighted by Crippen LogP contribution is 2.22. The van der Waals surface area contributed by atoms with Crippen molar-refractivity contribution in [2.24, 2.45) is 0 Å². The first-order valence-electron chi connectivity index (χ1n) is 8.36. The van der Waals surface area contributed by atoms with Crippen molar-refractivity contribution in [2.45, 2.75) is 24.3 Å². The van der Waals surface area contributed by atoms with Crippen LogP contribution in [0, 0.1) is 10.1 Å². The van der Waals surface area contributed by atoms with Crippen LogP contribution in [0.2, 0.25) is 0 Å². The van der Waals surface area contributed by atoms with Gasteiger partial charge in [-0.2, -0.15) is 0 Å². The van der Waals surface area contributed by atoms with Gasteiger partial charge in [0.2, 0.25) is 5.91 Å². The number of piperidine rings is 1. The van der Waals surface area contributed by atoms with Gasteiger partial charge in [-0.05, 0) is 31.4 Å². The van der Waals surface area contributed by atoms with Gasteiger partial charge in [0.05, 0.1) is 10.7 Å². The van der Waals surface area contributed by atoms with E-state index in [0.717, 1.165) is 23.9 Å². The number of carbonyl (C=O) groups is 1. The van der Waals surface area contributed by atoms with Crippen LogP contribution in [0.3, 0.4) is 0 Å². The van der Waals surface area contributed by atoms with Crippen LogP contribution in [0.5, 0.6) is 0 Å². The fourth-order valence-corrected chi connectivity index (χ4v) is 3.37. The van der Waals surface area contributed by atoms with Crippen LogP contribution in [-0.4, -0.2) is 39.6 Å². The number of anilines is 2. The lowest BCUT2D eigenvalue weighted by Gasteiger charge is -2.27. The van der Waals surface area contributed by atoms with Gasteiger partial charge in [-0.25, -0.2) is 9.97 Å². The molecule has 0 saturated carbocycles. The minimum atomic E-state index is -0.476. The van der Waals surface area contributed by atoms with Crippen LogP contribution in [0.15, 0.2) is 41.7 Å². The molecule has 0 radical (unpaired) electrons. The van der Waals surface area contributed by atoms with Gasteiger partial charge in [0.25, 0.3) is 5.69 Å². The summed E-state index contributed by atoms with van der Waals surface area (Å²) in [6.45, 7) is 2.00. The Morgan fingerprint density at radius 2 is 1.92 bits per heavy atom. The van der Waals surface area contributed by atoms with Crippen molar-refractivity contribution in [3.63, 3.8) is 0 Å². The van der Waals surface area contributed by atoms with Crippen molar-refractivity contribution in [3.05, 3.63) is 46.8 Å². The largest absolute Gasteiger partial charge is 0.356 e. The zero-order valence-electron chi connectivity index (χ0n) is 14.1. The number of rotatable bonds is 6. The number of nitro benzene ring substituents is 1. The van der Waals surface area contributed by atoms with E-state index in [1.165, 1.54) is 61.6 Å². The Morgan fingerprint density at radius 1 is 1.19 bits per heavy atom. The van der Waals surface area contributed by atoms with Crippen LogP contribution in [-0.2, 0) is 4.79 Å². The molecular weight excluding hydrogens is 354 g/mol. The lowest BCUT2D eigenvalue weighted by molar-refractivity contribution is -0.384. The molecule has 8 nitrogen and oxygen atoms in total. The highest BCUT2D eigenvalue weighted by molar-refractivity contribution is 7.99. The maximum Gasteiger partial charge on any atom is 0.269 e. The number of hydrogen-bond acceptors (Lipinski definition) is 7. The average molecular weight is 373 g/mol. The highest BCUT2D eigenvalue weighted by atomic mass is 32.2. The second-order valence-corrected chi connectivity index (χ2v) is 6.90. The SMILES string of the molecule is O=C(CSc1cc(N2CCCCC2)ncn1)Nc1ccc([N+](=O)[O-])cc1. The van der Waals surface area contributed by atoms with E-state index in [1.807, 2.05) is 6.07 Å². The van der Waals surface area contributed by atoms with Gasteiger partial charge in [0, 0.05) is 37.0 Å². The third kappa shape index (κ3) is 4.92. The summed E-state index contributed by atoms with van der Waals surface area (Å²) in [4.78, 5) is 33.0. The van der Waals surface area contributed by atoms with Gasteiger partial charge < -0.3 is 10.2 Å². The molecule has 0 aliphatic carbocycles. The van der Waals surface area contributed by atoms with Gasteiger partial charge in [-0.15, -0.1) is 0 Å². The number of nitrogens with one attached hydrogen (secondary N) is 1. The van der Waals surface area contributed by atoms with Gasteiger partial charge >= 0.3 is 0 Å². The van der Waals surface area contributed by atoms with E-state index in [9.17, 15) is 14.9 Å². The fourth-order valence-electron chi connectivity index (χ4n) is 2.71. The molecule has 0 unspecified atom stereocenters. The first kappa shape index (κ1) is 18.1. The quantitative estimate of drug-likeness (QED) is 0.359. The predicted molar refractivity (Wildman–Crippen MR) is 101 cm³/mol. The number of nitrogens with zero attached hydrogens (tertiary/aromatic N) is 4. The molecule has 0 bridgehead atoms. The maximum atomic E-state index is 12.1. The van der Waals surface area contributed by atoms with Crippen molar-refractivity contribution >= 4 is 34.9 Å². The molecule has 26 heavy (non-hydrogen) atoms. The standard InChI is InChI=1S/C17H19N5O3S/c23-16(20-13-4-6-14(7-5-13)22(24)25)11-26-17-10-15(18-12-19-17)21-8-2-1-3-9-21/h4-7,10,12H,1-3,8-9,11H2,(H,20,23). The zero-order chi connectivity index (χ0) is 18.4. The Morgan fingerprint density at radius 3 is 2.62 bits per heavy atom. The average Bonchev–Trinajstić information content (AvgIpc) is 2.68. The lowest BCUT2D eigenvalue weighted by Crippen LogP contribution is -2.30. The van der Waals surface area contributed by atoms with E-state index in [4.69, 9.17) is 0 Å². The van der Waals surface area contributed by atoms with Crippen LogP contribution in [0.1, 0.15) is 19.3 Å². The number of non-ortho nitro benzene ring substituents is 1. The van der Waals surface area contributed by atoms with Crippen molar-refractivity contribution in [1.29, 1.82) is 0 Å². The number of benzene rings is 1. The van der Waals surface area contributed by atoms with E-state index in [0.29, 0.717) is 5.69 Å². The Balaban J connectivity index is 1.53. The van der Waals surface area contributed by atoms with Gasteiger partial charge in [-0.3, -0.25) is 14.9 Å². The molecule has 1 aliphatic rings. The monoisotopic (exact) mass is 373 g/mol. The van der Waals surface area contributed by atoms with Crippen LogP contribution in [0.4, 0.5) is 17.2 Å². The molecular formula is C17H19N5O3S. The molecule has 9 heteroatoms. The maximum absolute atomic E-state index is 12.1. The molecule has 0 atom stereocenters. The first-order valence-corrected chi connectivity index (χ1v) is 9.34. The Kier molecular flexibility index (Phi) is 6.00. The summed E-state index contributed by atoms with van der Waals surface area (Å²) in [5, 5.41) is 14.1. The Hall–Kier alpha value is -2.68. The van der Waals surface area contributed by atoms with Crippen LogP contribution in [0.25, 0.3) is 0 Å². The number of nitro groups is 1. The van der Waals surface area contributed by atoms with Crippen LogP contribution < -0.4 is 10.2 Å². The fraction of sp³-hybridized carbons (Fsp3) is 0.353. The first-order chi connectivity index (χ1) is 12.6. The Labute approximate surface area is 155 Å². The van der Waals surface area contributed by atoms with Crippen molar-refractivity contribution in [3.8, 4) is 0 Å². The summed E-state index contributed by atoms with van der Waals surface area (Å²) in [6, 6.07) is 7.66. The van der Waals surface area contributed by atoms with Gasteiger partial charge in [0.15, 0.2) is 0 Å². The minimum Gasteiger partial charge on any atom is -0.356 e. The third-order valence-corrected chi connectivity index (χ3v) is 4.95. The second-order valence-electron chi connectivity index (χ2n) is 5.90. The van der Waals surface area contributed by atoms with E-state index in [1.54, 1.807) is 0 Å². The second kappa shape index (κ2) is 8.61. The molecule has 1 aliphatic heterocycles. The van der Waals surface area contributed by atoms with Crippen molar-refractivity contribution in [1.82, 2.24) is 9.97 Å². The zero-order valence-corrected chi connectivity index (χ0v) is 14.9. The number of carbonyl (C=O) groups excluding carboxylic acids is 1. The summed E-state index contributed by atoms with van der Waals surface area (Å²) >= 11 is 1.34. The molecule has 1 amide bonds. The highest BCUT2D eigenvalue weighted by Gasteiger charge is 2.13. The third-order valence-electron chi connectivity index (χ3n) is 4.02. The normalized spacial score (nSPS) is 14.1. The molecule has 3 rings (SSSR count). The summed E-state index contributed by atoms with van der Waals surface area (Å²) in [5.74, 6) is 0.910. The molecule has 1 aromatic carbocycles. The summed E-state index contributed by atoms with van der Waals surface area (Å²) in [7, 11) is 0. The van der Waals surface area contributed by atoms with E-state index >= 15 is 0 Å². The lowest BCUT2D eigenvalue weighted by atomic mass is 10.1. The molecule has 136 valence electrons. The van der Waals surface area contributed by atoms with Gasteiger partial charge in [-0.1, -0.05) is 11.8 Å². The molecule has 2 aromatic rings. The summed E-state index contributed by atoms with van der Waals surface area (Å²) < 4.78 is 0.